The van der Waals surface area contributed by atoms with Gasteiger partial charge in [0.05, 0.1) is 4.47 Å². The number of carbonyl (C=O) groups is 1. The quantitative estimate of drug-likeness (QED) is 0.713. The van der Waals surface area contributed by atoms with E-state index in [1.54, 1.807) is 6.92 Å². The fourth-order valence-corrected chi connectivity index (χ4v) is 2.31. The third kappa shape index (κ3) is 5.13. The SMILES string of the molecule is CCCCCNC(=O)C(C)Oc1c(Br)cccc1CN. The number of para-hydroxylation sites is 1. The highest BCUT2D eigenvalue weighted by Crippen LogP contribution is 2.29. The van der Waals surface area contributed by atoms with Gasteiger partial charge in [-0.15, -0.1) is 0 Å². The van der Waals surface area contributed by atoms with Crippen molar-refractivity contribution in [3.63, 3.8) is 0 Å². The van der Waals surface area contributed by atoms with Crippen LogP contribution in [0.2, 0.25) is 0 Å². The second kappa shape index (κ2) is 8.97. The van der Waals surface area contributed by atoms with Crippen LogP contribution < -0.4 is 15.8 Å². The van der Waals surface area contributed by atoms with E-state index in [2.05, 4.69) is 28.2 Å². The topological polar surface area (TPSA) is 64.3 Å². The van der Waals surface area contributed by atoms with Crippen LogP contribution in [0.25, 0.3) is 0 Å². The number of nitrogens with one attached hydrogen (secondary N) is 1. The molecule has 0 radical (unpaired) electrons. The molecule has 0 fully saturated rings. The molecule has 0 aliphatic rings. The Balaban J connectivity index is 2.57. The van der Waals surface area contributed by atoms with Crippen molar-refractivity contribution in [3.8, 4) is 5.75 Å². The summed E-state index contributed by atoms with van der Waals surface area (Å²) in [5.41, 5.74) is 6.56. The lowest BCUT2D eigenvalue weighted by atomic mass is 10.2. The first-order chi connectivity index (χ1) is 9.60. The van der Waals surface area contributed by atoms with E-state index in [0.717, 1.165) is 29.3 Å². The van der Waals surface area contributed by atoms with Crippen LogP contribution in [0.1, 0.15) is 38.7 Å². The molecule has 20 heavy (non-hydrogen) atoms. The van der Waals surface area contributed by atoms with E-state index in [9.17, 15) is 4.79 Å². The Morgan fingerprint density at radius 2 is 2.20 bits per heavy atom. The van der Waals surface area contributed by atoms with Crippen molar-refractivity contribution in [1.29, 1.82) is 0 Å². The third-order valence-electron chi connectivity index (χ3n) is 3.01. The van der Waals surface area contributed by atoms with Crippen LogP contribution in [-0.4, -0.2) is 18.6 Å². The predicted molar refractivity (Wildman–Crippen MR) is 84.7 cm³/mol. The molecule has 0 saturated heterocycles. The minimum absolute atomic E-state index is 0.0974. The van der Waals surface area contributed by atoms with E-state index in [-0.39, 0.29) is 5.91 Å². The van der Waals surface area contributed by atoms with Crippen molar-refractivity contribution in [2.75, 3.05) is 6.54 Å². The number of halogens is 1. The number of amides is 1. The van der Waals surface area contributed by atoms with Gasteiger partial charge in [0.15, 0.2) is 6.10 Å². The van der Waals surface area contributed by atoms with Crippen LogP contribution in [0.15, 0.2) is 22.7 Å². The first-order valence-electron chi connectivity index (χ1n) is 7.02. The summed E-state index contributed by atoms with van der Waals surface area (Å²) in [5.74, 6) is 0.547. The molecule has 0 bridgehead atoms. The van der Waals surface area contributed by atoms with Gasteiger partial charge in [-0.05, 0) is 35.3 Å². The zero-order valence-electron chi connectivity index (χ0n) is 12.1. The van der Waals surface area contributed by atoms with Gasteiger partial charge >= 0.3 is 0 Å². The van der Waals surface area contributed by atoms with Crippen molar-refractivity contribution in [2.45, 2.75) is 45.8 Å². The molecule has 0 aliphatic heterocycles. The van der Waals surface area contributed by atoms with E-state index in [1.165, 1.54) is 0 Å². The lowest BCUT2D eigenvalue weighted by Crippen LogP contribution is -2.37. The summed E-state index contributed by atoms with van der Waals surface area (Å²) in [6, 6.07) is 5.67. The van der Waals surface area contributed by atoms with Gasteiger partial charge in [-0.2, -0.15) is 0 Å². The highest BCUT2D eigenvalue weighted by atomic mass is 79.9. The van der Waals surface area contributed by atoms with Gasteiger partial charge in [-0.3, -0.25) is 4.79 Å². The standard InChI is InChI=1S/C15H23BrN2O2/c1-3-4-5-9-18-15(19)11(2)20-14-12(10-17)7-6-8-13(14)16/h6-8,11H,3-5,9-10,17H2,1-2H3,(H,18,19). The molecule has 1 amide bonds. The summed E-state index contributed by atoms with van der Waals surface area (Å²) in [7, 11) is 0. The smallest absolute Gasteiger partial charge is 0.260 e. The van der Waals surface area contributed by atoms with Crippen LogP contribution in [-0.2, 0) is 11.3 Å². The van der Waals surface area contributed by atoms with Crippen LogP contribution in [0.4, 0.5) is 0 Å². The lowest BCUT2D eigenvalue weighted by molar-refractivity contribution is -0.127. The largest absolute Gasteiger partial charge is 0.479 e. The van der Waals surface area contributed by atoms with Crippen molar-refractivity contribution in [3.05, 3.63) is 28.2 Å². The molecule has 1 aromatic rings. The molecule has 1 rings (SSSR count). The third-order valence-corrected chi connectivity index (χ3v) is 3.64. The van der Waals surface area contributed by atoms with Crippen molar-refractivity contribution in [2.24, 2.45) is 5.73 Å². The molecule has 3 N–H and O–H groups in total. The maximum atomic E-state index is 11.9. The summed E-state index contributed by atoms with van der Waals surface area (Å²) in [5, 5.41) is 2.88. The first kappa shape index (κ1) is 17.0. The Morgan fingerprint density at radius 3 is 2.85 bits per heavy atom. The molecule has 1 atom stereocenters. The van der Waals surface area contributed by atoms with Crippen LogP contribution >= 0.6 is 15.9 Å². The fraction of sp³-hybridized carbons (Fsp3) is 0.533. The zero-order valence-corrected chi connectivity index (χ0v) is 13.7. The van der Waals surface area contributed by atoms with Gasteiger partial charge in [-0.25, -0.2) is 0 Å². The van der Waals surface area contributed by atoms with Crippen LogP contribution in [0.5, 0.6) is 5.75 Å². The second-order valence-corrected chi connectivity index (χ2v) is 5.54. The van der Waals surface area contributed by atoms with Crippen molar-refractivity contribution < 1.29 is 9.53 Å². The van der Waals surface area contributed by atoms with E-state index >= 15 is 0 Å². The summed E-state index contributed by atoms with van der Waals surface area (Å²) in [6.45, 7) is 4.95. The van der Waals surface area contributed by atoms with Gasteiger partial charge in [0, 0.05) is 18.7 Å². The fourth-order valence-electron chi connectivity index (χ4n) is 1.81. The number of benzene rings is 1. The molecule has 4 nitrogen and oxygen atoms in total. The average Bonchev–Trinajstić information content (AvgIpc) is 2.45. The summed E-state index contributed by atoms with van der Waals surface area (Å²) in [4.78, 5) is 11.9. The molecule has 112 valence electrons. The molecule has 5 heteroatoms. The summed E-state index contributed by atoms with van der Waals surface area (Å²) < 4.78 is 6.56. The van der Waals surface area contributed by atoms with Crippen molar-refractivity contribution in [1.82, 2.24) is 5.32 Å². The van der Waals surface area contributed by atoms with Crippen molar-refractivity contribution >= 4 is 21.8 Å². The predicted octanol–water partition coefficient (Wildman–Crippen LogP) is 2.98. The summed E-state index contributed by atoms with van der Waals surface area (Å²) >= 11 is 3.43. The van der Waals surface area contributed by atoms with Crippen LogP contribution in [0.3, 0.4) is 0 Å². The first-order valence-corrected chi connectivity index (χ1v) is 7.81. The van der Waals surface area contributed by atoms with E-state index in [1.807, 2.05) is 18.2 Å². The monoisotopic (exact) mass is 342 g/mol. The van der Waals surface area contributed by atoms with Gasteiger partial charge in [0.2, 0.25) is 0 Å². The maximum Gasteiger partial charge on any atom is 0.260 e. The number of carbonyl (C=O) groups excluding carboxylic acids is 1. The number of hydrogen-bond donors (Lipinski definition) is 2. The molecule has 0 aromatic heterocycles. The normalized spacial score (nSPS) is 12.0. The maximum absolute atomic E-state index is 11.9. The number of unbranched alkanes of at least 4 members (excludes halogenated alkanes) is 2. The number of hydrogen-bond acceptors (Lipinski definition) is 3. The molecule has 1 aromatic carbocycles. The zero-order chi connectivity index (χ0) is 15.0. The Bertz CT molecular complexity index is 438. The summed E-state index contributed by atoms with van der Waals surface area (Å²) in [6.07, 6.45) is 2.72. The molecular weight excluding hydrogens is 320 g/mol. The van der Waals surface area contributed by atoms with E-state index < -0.39 is 6.10 Å². The Hall–Kier alpha value is -1.07. The minimum Gasteiger partial charge on any atom is -0.479 e. The molecule has 0 aliphatic carbocycles. The highest BCUT2D eigenvalue weighted by Gasteiger charge is 2.17. The van der Waals surface area contributed by atoms with E-state index in [4.69, 9.17) is 10.5 Å². The number of ether oxygens (including phenoxy) is 1. The molecule has 1 unspecified atom stereocenters. The highest BCUT2D eigenvalue weighted by molar-refractivity contribution is 9.10. The van der Waals surface area contributed by atoms with E-state index in [0.29, 0.717) is 18.8 Å². The Labute approximate surface area is 129 Å². The lowest BCUT2D eigenvalue weighted by Gasteiger charge is -2.18. The average molecular weight is 343 g/mol. The van der Waals surface area contributed by atoms with Gasteiger partial charge in [0.25, 0.3) is 5.91 Å². The second-order valence-electron chi connectivity index (χ2n) is 4.69. The minimum atomic E-state index is -0.541. The number of rotatable bonds is 8. The number of nitrogens with two attached hydrogens (primary N) is 1. The molecular formula is C15H23BrN2O2. The molecule has 0 heterocycles. The molecule has 0 saturated carbocycles. The van der Waals surface area contributed by atoms with Gasteiger partial charge in [-0.1, -0.05) is 31.9 Å². The Kier molecular flexibility index (Phi) is 7.62. The van der Waals surface area contributed by atoms with Crippen LogP contribution in [0, 0.1) is 0 Å². The Morgan fingerprint density at radius 1 is 1.45 bits per heavy atom. The van der Waals surface area contributed by atoms with Gasteiger partial charge < -0.3 is 15.8 Å². The van der Waals surface area contributed by atoms with Gasteiger partial charge in [0.1, 0.15) is 5.75 Å². The molecule has 0 spiro atoms.